The number of carbonyl (C=O) groups is 2. The molecule has 1 aromatic rings. The van der Waals surface area contributed by atoms with Crippen LogP contribution in [0.5, 0.6) is 0 Å². The number of benzene rings is 1. The number of rotatable bonds is 6. The molecule has 1 fully saturated rings. The molecule has 1 aliphatic heterocycles. The highest BCUT2D eigenvalue weighted by Gasteiger charge is 2.59. The van der Waals surface area contributed by atoms with Gasteiger partial charge in [0.25, 0.3) is 0 Å². The lowest BCUT2D eigenvalue weighted by Crippen LogP contribution is -2.81. The second-order valence-electron chi connectivity index (χ2n) is 11.1. The molecule has 0 aliphatic carbocycles. The normalized spacial score (nSPS) is 21.3. The predicted octanol–water partition coefficient (Wildman–Crippen LogP) is 4.46. The Morgan fingerprint density at radius 1 is 1.17 bits per heavy atom. The van der Waals surface area contributed by atoms with E-state index in [1.54, 1.807) is 25.7 Å². The third-order valence-corrected chi connectivity index (χ3v) is 12.7. The topological polar surface area (TPSA) is 58.6 Å². The standard InChI is InChI=1S/C22H38N2O3Si2/c1-21(2,3)27-19(26)23-22(15-17-13-11-10-12-14-17)16-24(18(22)25)20(28(4,5)6)29(7,8)9/h10-14,20H,15-16H2,1-9H3,(H,23,26)/t22-/m1/s1/i20D. The average molecular weight is 436 g/mol. The van der Waals surface area contributed by atoms with Crippen molar-refractivity contribution in [3.63, 3.8) is 0 Å². The van der Waals surface area contributed by atoms with Crippen molar-refractivity contribution in [3.8, 4) is 0 Å². The van der Waals surface area contributed by atoms with Gasteiger partial charge in [0.15, 0.2) is 0 Å². The average Bonchev–Trinajstić information content (AvgIpc) is 2.55. The first-order chi connectivity index (χ1) is 13.4. The van der Waals surface area contributed by atoms with Gasteiger partial charge in [-0.2, -0.15) is 0 Å². The van der Waals surface area contributed by atoms with Crippen molar-refractivity contribution >= 4 is 28.1 Å². The maximum absolute atomic E-state index is 13.7. The van der Waals surface area contributed by atoms with Gasteiger partial charge in [0.05, 0.1) is 22.7 Å². The number of β-lactam (4-membered cyclic amide) rings is 1. The summed E-state index contributed by atoms with van der Waals surface area (Å²) in [6.07, 6.45) is -0.210. The number of hydrogen-bond donors (Lipinski definition) is 1. The highest BCUT2D eigenvalue weighted by molar-refractivity contribution is 6.96. The van der Waals surface area contributed by atoms with Gasteiger partial charge in [-0.3, -0.25) is 4.79 Å². The summed E-state index contributed by atoms with van der Waals surface area (Å²) in [4.78, 5) is 28.1. The highest BCUT2D eigenvalue weighted by Crippen LogP contribution is 2.36. The minimum Gasteiger partial charge on any atom is -0.444 e. The number of hydrogen-bond acceptors (Lipinski definition) is 3. The van der Waals surface area contributed by atoms with Gasteiger partial charge in [-0.1, -0.05) is 69.6 Å². The summed E-state index contributed by atoms with van der Waals surface area (Å²) in [7, 11) is -4.13. The van der Waals surface area contributed by atoms with E-state index in [1.807, 2.05) is 30.3 Å². The van der Waals surface area contributed by atoms with E-state index in [-0.39, 0.29) is 5.91 Å². The maximum atomic E-state index is 13.7. The van der Waals surface area contributed by atoms with E-state index >= 15 is 0 Å². The zero-order chi connectivity index (χ0) is 23.2. The van der Waals surface area contributed by atoms with E-state index in [2.05, 4.69) is 44.6 Å². The molecule has 1 atom stereocenters. The lowest BCUT2D eigenvalue weighted by Gasteiger charge is -2.57. The van der Waals surface area contributed by atoms with Crippen molar-refractivity contribution in [2.24, 2.45) is 0 Å². The molecule has 1 saturated heterocycles. The minimum absolute atomic E-state index is 0.169. The molecule has 0 unspecified atom stereocenters. The van der Waals surface area contributed by atoms with Crippen molar-refractivity contribution in [1.82, 2.24) is 10.2 Å². The van der Waals surface area contributed by atoms with E-state index in [0.717, 1.165) is 5.56 Å². The summed E-state index contributed by atoms with van der Waals surface area (Å²) in [5, 5.41) is 2.02. The number of amides is 2. The number of ether oxygens (including phenoxy) is 1. The number of alkyl carbamates (subject to hydrolysis) is 1. The number of carbonyl (C=O) groups excluding carboxylic acids is 2. The largest absolute Gasteiger partial charge is 0.444 e. The van der Waals surface area contributed by atoms with Crippen molar-refractivity contribution in [1.29, 1.82) is 0 Å². The molecular weight excluding hydrogens is 396 g/mol. The number of nitrogens with zero attached hydrogens (tertiary/aromatic N) is 1. The van der Waals surface area contributed by atoms with Gasteiger partial charge in [0, 0.05) is 13.1 Å². The molecule has 29 heavy (non-hydrogen) atoms. The monoisotopic (exact) mass is 435 g/mol. The van der Waals surface area contributed by atoms with E-state index < -0.39 is 38.6 Å². The van der Waals surface area contributed by atoms with Crippen LogP contribution in [0.4, 0.5) is 4.79 Å². The van der Waals surface area contributed by atoms with Crippen LogP contribution in [0, 0.1) is 0 Å². The Balaban J connectivity index is 2.40. The Bertz CT molecular complexity index is 783. The number of likely N-dealkylation sites (tertiary alicyclic amines) is 1. The fourth-order valence-corrected chi connectivity index (χ4v) is 15.4. The predicted molar refractivity (Wildman–Crippen MR) is 124 cm³/mol. The molecule has 1 aromatic carbocycles. The molecule has 0 saturated carbocycles. The zero-order valence-corrected chi connectivity index (χ0v) is 21.5. The summed E-state index contributed by atoms with van der Waals surface area (Å²) >= 11 is 0. The molecular formula is C22H38N2O3Si2. The first-order valence-electron chi connectivity index (χ1n) is 10.8. The second kappa shape index (κ2) is 7.91. The first-order valence-corrected chi connectivity index (χ1v) is 17.3. The molecule has 162 valence electrons. The molecule has 0 aromatic heterocycles. The van der Waals surface area contributed by atoms with Gasteiger partial charge >= 0.3 is 6.09 Å². The van der Waals surface area contributed by atoms with E-state index in [9.17, 15) is 11.0 Å². The van der Waals surface area contributed by atoms with Crippen LogP contribution in [-0.2, 0) is 16.0 Å². The summed E-state index contributed by atoms with van der Waals surface area (Å²) in [5.74, 6) is -0.169. The molecule has 0 spiro atoms. The quantitative estimate of drug-likeness (QED) is 0.530. The van der Waals surface area contributed by atoms with Crippen LogP contribution in [0.15, 0.2) is 30.3 Å². The van der Waals surface area contributed by atoms with Gasteiger partial charge in [-0.15, -0.1) is 0 Å². The van der Waals surface area contributed by atoms with Gasteiger partial charge in [-0.05, 0) is 26.3 Å². The van der Waals surface area contributed by atoms with E-state index in [1.165, 1.54) is 0 Å². The van der Waals surface area contributed by atoms with Crippen molar-refractivity contribution in [3.05, 3.63) is 35.9 Å². The fraction of sp³-hybridized carbons (Fsp3) is 0.636. The lowest BCUT2D eigenvalue weighted by molar-refractivity contribution is -0.153. The van der Waals surface area contributed by atoms with Gasteiger partial charge in [0.1, 0.15) is 11.1 Å². The summed E-state index contributed by atoms with van der Waals surface area (Å²) in [6.45, 7) is 18.7. The fourth-order valence-electron chi connectivity index (χ4n) is 4.40. The van der Waals surface area contributed by atoms with Crippen LogP contribution in [0.3, 0.4) is 0 Å². The molecule has 2 rings (SSSR count). The third kappa shape index (κ3) is 5.72. The molecule has 5 nitrogen and oxygen atoms in total. The van der Waals surface area contributed by atoms with Crippen molar-refractivity contribution in [2.45, 2.75) is 82.9 Å². The third-order valence-electron chi connectivity index (χ3n) is 4.86. The smallest absolute Gasteiger partial charge is 0.408 e. The zero-order valence-electron chi connectivity index (χ0n) is 20.5. The van der Waals surface area contributed by atoms with Crippen LogP contribution >= 0.6 is 0 Å². The lowest BCUT2D eigenvalue weighted by atomic mass is 9.82. The molecule has 0 radical (unpaired) electrons. The summed E-state index contributed by atoms with van der Waals surface area (Å²) in [6, 6.07) is 9.70. The van der Waals surface area contributed by atoms with Crippen LogP contribution in [0.2, 0.25) is 39.3 Å². The Labute approximate surface area is 179 Å². The molecule has 1 N–H and O–H groups in total. The van der Waals surface area contributed by atoms with E-state index in [0.29, 0.717) is 13.0 Å². The summed E-state index contributed by atoms with van der Waals surface area (Å²) in [5.41, 5.74) is -0.756. The molecule has 0 bridgehead atoms. The Morgan fingerprint density at radius 2 is 1.69 bits per heavy atom. The first kappa shape index (κ1) is 22.1. The van der Waals surface area contributed by atoms with E-state index in [4.69, 9.17) is 4.74 Å². The second-order valence-corrected chi connectivity index (χ2v) is 21.6. The van der Waals surface area contributed by atoms with Gasteiger partial charge < -0.3 is 15.0 Å². The van der Waals surface area contributed by atoms with Crippen molar-refractivity contribution in [2.75, 3.05) is 6.54 Å². The minimum atomic E-state index is -2.06. The van der Waals surface area contributed by atoms with Crippen LogP contribution in [0.1, 0.15) is 27.7 Å². The molecule has 2 amide bonds. The molecule has 7 heteroatoms. The Morgan fingerprint density at radius 3 is 2.10 bits per heavy atom. The SMILES string of the molecule is [2H]C(N1C[C@@](Cc2ccccc2)(NC(=O)OC(C)(C)C)C1=O)([Si](C)(C)C)[Si](C)(C)C. The van der Waals surface area contributed by atoms with Gasteiger partial charge in [0.2, 0.25) is 5.91 Å². The molecule has 1 aliphatic rings. The number of nitrogens with one attached hydrogen (secondary N) is 1. The highest BCUT2D eigenvalue weighted by atomic mass is 28.4. The maximum Gasteiger partial charge on any atom is 0.408 e. The Kier molecular flexibility index (Phi) is 6.02. The van der Waals surface area contributed by atoms with Crippen LogP contribution in [-0.4, -0.2) is 56.0 Å². The van der Waals surface area contributed by atoms with Gasteiger partial charge in [-0.25, -0.2) is 4.79 Å². The Hall–Kier alpha value is -1.61. The van der Waals surface area contributed by atoms with Crippen LogP contribution in [0.25, 0.3) is 0 Å². The summed E-state index contributed by atoms with van der Waals surface area (Å²) < 4.78 is 14.9. The van der Waals surface area contributed by atoms with Crippen molar-refractivity contribution < 1.29 is 15.7 Å². The van der Waals surface area contributed by atoms with Crippen LogP contribution < -0.4 is 5.32 Å². The molecule has 1 heterocycles.